The Bertz CT molecular complexity index is 4710. The van der Waals surface area contributed by atoms with Crippen molar-refractivity contribution in [2.24, 2.45) is 43.7 Å². The van der Waals surface area contributed by atoms with Gasteiger partial charge in [0.15, 0.2) is 5.69 Å². The van der Waals surface area contributed by atoms with Crippen LogP contribution in [0.3, 0.4) is 0 Å². The Hall–Kier alpha value is -9.75. The van der Waals surface area contributed by atoms with Crippen LogP contribution in [0.15, 0.2) is 67.6 Å². The summed E-state index contributed by atoms with van der Waals surface area (Å²) >= 11 is 9.82. The molecule has 5 unspecified atom stereocenters. The quantitative estimate of drug-likeness (QED) is 0.0153. The van der Waals surface area contributed by atoms with Gasteiger partial charge in [-0.15, -0.1) is 0 Å². The molecule has 3 aromatic rings. The monoisotopic (exact) mass is 2210 g/mol. The van der Waals surface area contributed by atoms with Crippen molar-refractivity contribution in [3.8, 4) is 0 Å². The van der Waals surface area contributed by atoms with Crippen molar-refractivity contribution in [1.82, 2.24) is 34.3 Å². The molecule has 9 heterocycles. The molecule has 5 fully saturated rings. The molecule has 0 saturated carbocycles. The zero-order chi connectivity index (χ0) is 106. The number of rotatable bonds is 13. The fourth-order valence-corrected chi connectivity index (χ4v) is 13.7. The Morgan fingerprint density at radius 3 is 1.37 bits per heavy atom. The number of carbonyl (C=O) groups is 13. The molecular weight excluding hydrogens is 2060 g/mol. The van der Waals surface area contributed by atoms with E-state index in [1.807, 2.05) is 88.0 Å². The minimum absolute atomic E-state index is 0. The number of carboxylic acids is 1. The molecule has 11 rings (SSSR count). The average molecular weight is 2210 g/mol. The molecule has 2 N–H and O–H groups in total. The number of carboxylic acid groups (broad SMARTS) is 1. The van der Waals surface area contributed by atoms with E-state index in [2.05, 4.69) is 80.2 Å². The Labute approximate surface area is 874 Å². The van der Waals surface area contributed by atoms with Crippen LogP contribution in [-0.2, 0) is 99.3 Å². The largest absolute Gasteiger partial charge is 1.00 e. The summed E-state index contributed by atoms with van der Waals surface area (Å²) in [5.41, 5.74) is 6.71. The number of halogens is 5. The minimum atomic E-state index is -1.18. The molecule has 2 aromatic carbocycles. The van der Waals surface area contributed by atoms with E-state index in [0.717, 1.165) is 62.7 Å². The van der Waals surface area contributed by atoms with Gasteiger partial charge >= 0.3 is 89.3 Å². The third kappa shape index (κ3) is 51.4. The van der Waals surface area contributed by atoms with Crippen molar-refractivity contribution in [3.63, 3.8) is 0 Å². The van der Waals surface area contributed by atoms with E-state index in [9.17, 15) is 86.5 Å². The second-order valence-electron chi connectivity index (χ2n) is 37.0. The van der Waals surface area contributed by atoms with Gasteiger partial charge in [0.25, 0.3) is 11.8 Å². The van der Waals surface area contributed by atoms with E-state index in [0.29, 0.717) is 112 Å². The van der Waals surface area contributed by atoms with Crippen molar-refractivity contribution in [1.29, 1.82) is 5.53 Å². The number of aromatic nitrogens is 2. The van der Waals surface area contributed by atoms with Crippen molar-refractivity contribution in [2.75, 3.05) is 117 Å². The van der Waals surface area contributed by atoms with E-state index in [4.69, 9.17) is 58.1 Å². The van der Waals surface area contributed by atoms with E-state index in [-0.39, 0.29) is 137 Å². The third-order valence-corrected chi connectivity index (χ3v) is 20.0. The van der Waals surface area contributed by atoms with Gasteiger partial charge in [-0.3, -0.25) is 53.9 Å². The Kier molecular flexibility index (Phi) is 61.9. The SMILES string of the molecule is C.C1CCOC1.C1CCOC1.CC(=O)O.CC(C)(C)OC(=O)N1CCC(=O)CC1.CC1CN(C(=O)OC(C)(C)C)CCC1=O.CCOC(=O)C(=O)C1CN(C(=O)OC(C)(C)C)CC(C)C1=O.CCOC(=O)C1=NCC2=C1CN(C(=O)OC(C)(C)C)CC2C.CCOC(=O)c1nn(Cc2ccc(F)c([N+](=O)[O-])c2)c2c1CN(C(=O)OC(C)(C)C)CC2C.CI.N=NN=NCl.O=[N+]([O-])c1cc(CBr)ccc1F.[H-].[Na+]. The van der Waals surface area contributed by atoms with Crippen LogP contribution in [0.5, 0.6) is 0 Å². The first-order valence-electron chi connectivity index (χ1n) is 45.1. The number of alkyl halides is 2. The number of nitro benzene ring substituents is 2. The molecule has 8 aliphatic rings. The van der Waals surface area contributed by atoms with Crippen LogP contribution in [0, 0.1) is 61.1 Å². The Balaban J connectivity index is -0.00000159. The van der Waals surface area contributed by atoms with Crippen molar-refractivity contribution in [2.45, 2.75) is 264 Å². The molecule has 0 spiro atoms. The molecule has 5 amide bonds. The summed E-state index contributed by atoms with van der Waals surface area (Å²) in [6.45, 7) is 48.9. The van der Waals surface area contributed by atoms with Crippen LogP contribution in [0.2, 0.25) is 0 Å². The Morgan fingerprint density at radius 2 is 0.972 bits per heavy atom. The fraction of sp³-hybridized carbons (Fsp3) is 0.667. The van der Waals surface area contributed by atoms with Crippen molar-refractivity contribution in [3.05, 3.63) is 107 Å². The molecule has 790 valence electrons. The summed E-state index contributed by atoms with van der Waals surface area (Å²) in [6, 6.07) is 7.41. The van der Waals surface area contributed by atoms with Gasteiger partial charge in [-0.05, 0) is 200 Å². The van der Waals surface area contributed by atoms with Crippen LogP contribution >= 0.6 is 50.3 Å². The number of benzene rings is 2. The molecule has 5 saturated heterocycles. The molecular formula is C93H144BrClF2IN14NaO28. The van der Waals surface area contributed by atoms with E-state index in [1.165, 1.54) is 53.7 Å². The molecule has 0 bridgehead atoms. The second kappa shape index (κ2) is 65.5. The maximum absolute atomic E-state index is 13.8. The summed E-state index contributed by atoms with van der Waals surface area (Å²) in [7, 11) is 0. The number of hydrogen-bond acceptors (Lipinski definition) is 31. The van der Waals surface area contributed by atoms with E-state index >= 15 is 0 Å². The summed E-state index contributed by atoms with van der Waals surface area (Å²) in [5, 5.41) is 38.8. The number of nitrogens with one attached hydrogen (secondary N) is 1. The van der Waals surface area contributed by atoms with Gasteiger partial charge in [-0.25, -0.2) is 38.4 Å². The van der Waals surface area contributed by atoms with Crippen LogP contribution in [0.1, 0.15) is 252 Å². The van der Waals surface area contributed by atoms with Crippen molar-refractivity contribution >= 4 is 145 Å². The van der Waals surface area contributed by atoms with Gasteiger partial charge < -0.3 is 78.4 Å². The van der Waals surface area contributed by atoms with Crippen LogP contribution in [0.25, 0.3) is 0 Å². The molecule has 42 nitrogen and oxygen atoms in total. The zero-order valence-electron chi connectivity index (χ0n) is 86.1. The number of aliphatic carboxylic acids is 1. The first-order valence-corrected chi connectivity index (χ1v) is 48.7. The fourth-order valence-electron chi connectivity index (χ4n) is 13.3. The molecule has 8 aliphatic heterocycles. The van der Waals surface area contributed by atoms with Gasteiger partial charge in [0.05, 0.1) is 67.6 Å². The number of esters is 3. The average Bonchev–Trinajstić information content (AvgIpc) is 1.61. The van der Waals surface area contributed by atoms with Gasteiger partial charge in [0.2, 0.25) is 11.6 Å². The van der Waals surface area contributed by atoms with Crippen molar-refractivity contribution < 1.29 is 164 Å². The van der Waals surface area contributed by atoms with E-state index in [1.54, 1.807) is 88.6 Å². The summed E-state index contributed by atoms with van der Waals surface area (Å²) in [5.74, 6) is -7.29. The number of nitrogens with zero attached hydrogens (tertiary/aromatic N) is 13. The number of carbonyl (C=O) groups excluding carboxylic acids is 12. The summed E-state index contributed by atoms with van der Waals surface area (Å²) < 4.78 is 81.9. The third-order valence-electron chi connectivity index (χ3n) is 19.3. The predicted octanol–water partition coefficient (Wildman–Crippen LogP) is 15.5. The summed E-state index contributed by atoms with van der Waals surface area (Å²) in [6.07, 6.45) is 4.37. The maximum Gasteiger partial charge on any atom is 1.00 e. The number of ether oxygens (including phenoxy) is 10. The van der Waals surface area contributed by atoms with Gasteiger partial charge in [0, 0.05) is 157 Å². The number of nitro groups is 2. The maximum atomic E-state index is 13.8. The molecule has 141 heavy (non-hydrogen) atoms. The first-order chi connectivity index (χ1) is 64.7. The predicted molar refractivity (Wildman–Crippen MR) is 527 cm³/mol. The Morgan fingerprint density at radius 1 is 0.582 bits per heavy atom. The normalized spacial score (nSPS) is 17.8. The number of likely N-dealkylation sites (tertiary alicyclic amines) is 3. The van der Waals surface area contributed by atoms with Crippen LogP contribution < -0.4 is 29.6 Å². The van der Waals surface area contributed by atoms with Crippen LogP contribution in [0.4, 0.5) is 44.1 Å². The molecule has 0 radical (unpaired) electrons. The number of fused-ring (bicyclic) bond motifs is 1. The molecule has 0 aliphatic carbocycles. The molecule has 5 atom stereocenters. The first kappa shape index (κ1) is 133. The summed E-state index contributed by atoms with van der Waals surface area (Å²) in [4.78, 5) is 185. The minimum Gasteiger partial charge on any atom is -1.00 e. The number of ketones is 4. The molecule has 48 heteroatoms. The smallest absolute Gasteiger partial charge is 1.00 e. The standard InChI is InChI=1S/C22H27FN4O6.C16H24N2O4.C15H23NO6.C11H19NO3.C10H17NO3.C7H5BrFNO2.2C4H8O.C2H4O2.CH3I.CH4.ClHN4.Na.H/c1-6-32-20(28)18-15-12-25(21(29)33-22(3,4)5)10-13(2)19(15)26(24-18)11-14-7-8-16(23)17(9-14)27(30)31;1-6-21-14(19)13-12-9-18(15(20)22-16(3,4)5)8-10(2)11(12)7-17-13;1-6-21-13(19)12(18)10-8-16(7-9(2)11(10)17)14(20)22-15(3,4)5;1-8-7-12(6-5-9(8)13)10(14)15-11(2,3)4;1-10(2,3)14-9(13)11-6-4-8(12)5-7-11;8-4-5-1-2-6(9)7(3-5)10(11)12;2*1-2-4-5-3-1;1-2(3)4;1-2;;1-3-5-4-2;;/h7-9,13H,6,10-12H2,1-5H3;10H,6-9H2,1-5H3;9-10H,6-8H2,1-5H3;8H,5-7H2,1-4H3;4-7H2,1-3H3;1-3H,4H2;2*1-4H2;1H3,(H,3,4);1H3;1H4;2H;;/q;;;;;;;;;;;;+1;-1. The zero-order valence-corrected chi connectivity index (χ0v) is 91.6. The number of amides is 5. The topological polar surface area (TPSA) is 528 Å². The van der Waals surface area contributed by atoms with Gasteiger partial charge in [0.1, 0.15) is 57.0 Å². The van der Waals surface area contributed by atoms with Crippen LogP contribution in [-0.4, -0.2) is 277 Å². The number of aliphatic imine (C=N–C) groups is 1. The number of piperidine rings is 3. The number of Topliss-reactive ketones (excluding diaryl/α,β-unsaturated/α-hetero) is 4. The number of hydrogen-bond donors (Lipinski definition) is 2. The van der Waals surface area contributed by atoms with E-state index < -0.39 is 115 Å². The van der Waals surface area contributed by atoms with Gasteiger partial charge in [-0.1, -0.05) is 90.4 Å². The molecule has 1 aromatic heterocycles. The van der Waals surface area contributed by atoms with Gasteiger partial charge in [-0.2, -0.15) is 19.4 Å². The second-order valence-corrected chi connectivity index (χ2v) is 37.7.